The molecule has 1 amide bonds. The molecule has 0 aromatic heterocycles. The standard InChI is InChI=1S/C24H34N2O7/c1-12-17(20(28)31-6)19(18(13(2)25-12)21(29)32-7)22(30)33-11-16(27)26-15-10-14-8-9-24(15,5)23(14,3)4/h14-15,19,25H,8-11H2,1-7H3,(H,26,27). The van der Waals surface area contributed by atoms with Gasteiger partial charge in [-0.25, -0.2) is 9.59 Å². The summed E-state index contributed by atoms with van der Waals surface area (Å²) in [5.41, 5.74) is 0.715. The number of hydrogen-bond acceptors (Lipinski definition) is 8. The van der Waals surface area contributed by atoms with Crippen molar-refractivity contribution in [3.8, 4) is 0 Å². The molecule has 9 heteroatoms. The Morgan fingerprint density at radius 1 is 1.00 bits per heavy atom. The Bertz CT molecular complexity index is 910. The quantitative estimate of drug-likeness (QED) is 0.454. The molecule has 3 unspecified atom stereocenters. The van der Waals surface area contributed by atoms with E-state index in [1.807, 2.05) is 0 Å². The van der Waals surface area contributed by atoms with Crippen molar-refractivity contribution in [1.82, 2.24) is 10.6 Å². The number of hydrogen-bond donors (Lipinski definition) is 2. The summed E-state index contributed by atoms with van der Waals surface area (Å²) in [5, 5.41) is 5.94. The van der Waals surface area contributed by atoms with Crippen LogP contribution in [0.3, 0.4) is 0 Å². The largest absolute Gasteiger partial charge is 0.466 e. The fourth-order valence-corrected chi connectivity index (χ4v) is 5.87. The number of nitrogens with one attached hydrogen (secondary N) is 2. The van der Waals surface area contributed by atoms with Crippen LogP contribution in [-0.2, 0) is 33.4 Å². The minimum atomic E-state index is -1.36. The van der Waals surface area contributed by atoms with Gasteiger partial charge >= 0.3 is 17.9 Å². The minimum absolute atomic E-state index is 0.0110. The maximum absolute atomic E-state index is 13.1. The van der Waals surface area contributed by atoms with E-state index in [9.17, 15) is 19.2 Å². The number of dihydropyridines is 1. The second-order valence-corrected chi connectivity index (χ2v) is 9.96. The fraction of sp³-hybridized carbons (Fsp3) is 0.667. The van der Waals surface area contributed by atoms with E-state index in [1.54, 1.807) is 13.8 Å². The molecule has 0 radical (unpaired) electrons. The zero-order chi connectivity index (χ0) is 24.7. The van der Waals surface area contributed by atoms with Crippen molar-refractivity contribution in [2.24, 2.45) is 22.7 Å². The first kappa shape index (κ1) is 24.8. The van der Waals surface area contributed by atoms with E-state index < -0.39 is 36.3 Å². The first-order valence-electron chi connectivity index (χ1n) is 11.2. The van der Waals surface area contributed by atoms with Gasteiger partial charge < -0.3 is 24.8 Å². The third-order valence-electron chi connectivity index (χ3n) is 8.28. The first-order chi connectivity index (χ1) is 15.4. The number of rotatable bonds is 6. The van der Waals surface area contributed by atoms with Crippen LogP contribution in [-0.4, -0.2) is 50.7 Å². The molecular formula is C24H34N2O7. The number of methoxy groups -OCH3 is 2. The van der Waals surface area contributed by atoms with Crippen LogP contribution in [0.1, 0.15) is 53.9 Å². The van der Waals surface area contributed by atoms with E-state index in [4.69, 9.17) is 14.2 Å². The average Bonchev–Trinajstić information content (AvgIpc) is 3.09. The van der Waals surface area contributed by atoms with Gasteiger partial charge in [0.25, 0.3) is 5.91 Å². The summed E-state index contributed by atoms with van der Waals surface area (Å²) in [6.45, 7) is 9.38. The van der Waals surface area contributed by atoms with Crippen molar-refractivity contribution in [3.05, 3.63) is 22.5 Å². The lowest BCUT2D eigenvalue weighted by molar-refractivity contribution is -0.154. The molecule has 0 aromatic carbocycles. The van der Waals surface area contributed by atoms with E-state index in [2.05, 4.69) is 31.4 Å². The summed E-state index contributed by atoms with van der Waals surface area (Å²) in [5.74, 6) is -3.68. The molecule has 2 bridgehead atoms. The van der Waals surface area contributed by atoms with Crippen LogP contribution >= 0.6 is 0 Å². The Morgan fingerprint density at radius 2 is 1.55 bits per heavy atom. The predicted octanol–water partition coefficient (Wildman–Crippen LogP) is 1.97. The van der Waals surface area contributed by atoms with Crippen molar-refractivity contribution in [2.75, 3.05) is 20.8 Å². The van der Waals surface area contributed by atoms with Gasteiger partial charge in [0.1, 0.15) is 5.92 Å². The number of carbonyl (C=O) groups is 4. The Labute approximate surface area is 194 Å². The maximum atomic E-state index is 13.1. The van der Waals surface area contributed by atoms with Crippen molar-refractivity contribution in [1.29, 1.82) is 0 Å². The molecule has 3 atom stereocenters. The first-order valence-corrected chi connectivity index (χ1v) is 11.2. The summed E-state index contributed by atoms with van der Waals surface area (Å²) >= 11 is 0. The van der Waals surface area contributed by atoms with Crippen molar-refractivity contribution >= 4 is 23.8 Å². The average molecular weight is 463 g/mol. The van der Waals surface area contributed by atoms with Gasteiger partial charge in [0.15, 0.2) is 6.61 Å². The molecule has 0 spiro atoms. The van der Waals surface area contributed by atoms with Gasteiger partial charge in [0.05, 0.1) is 25.4 Å². The van der Waals surface area contributed by atoms with Gasteiger partial charge in [-0.3, -0.25) is 9.59 Å². The Kier molecular flexibility index (Phi) is 6.64. The van der Waals surface area contributed by atoms with E-state index in [0.717, 1.165) is 19.3 Å². The van der Waals surface area contributed by atoms with Gasteiger partial charge in [-0.2, -0.15) is 0 Å². The molecule has 0 aromatic rings. The molecule has 9 nitrogen and oxygen atoms in total. The van der Waals surface area contributed by atoms with Gasteiger partial charge in [-0.1, -0.05) is 20.8 Å². The molecule has 1 heterocycles. The highest BCUT2D eigenvalue weighted by Crippen LogP contribution is 2.65. The number of carbonyl (C=O) groups excluding carboxylic acids is 4. The Morgan fingerprint density at radius 3 is 1.97 bits per heavy atom. The molecule has 2 fully saturated rings. The third kappa shape index (κ3) is 4.02. The van der Waals surface area contributed by atoms with Crippen molar-refractivity contribution in [2.45, 2.75) is 59.9 Å². The minimum Gasteiger partial charge on any atom is -0.466 e. The van der Waals surface area contributed by atoms with E-state index >= 15 is 0 Å². The number of allylic oxidation sites excluding steroid dienone is 2. The van der Waals surface area contributed by atoms with Crippen molar-refractivity contribution in [3.63, 3.8) is 0 Å². The van der Waals surface area contributed by atoms with Gasteiger partial charge in [0, 0.05) is 17.4 Å². The lowest BCUT2D eigenvalue weighted by Crippen LogP contribution is -2.48. The fourth-order valence-electron chi connectivity index (χ4n) is 5.87. The molecule has 2 saturated carbocycles. The van der Waals surface area contributed by atoms with E-state index in [1.165, 1.54) is 14.2 Å². The number of esters is 3. The molecule has 0 saturated heterocycles. The van der Waals surface area contributed by atoms with Crippen molar-refractivity contribution < 1.29 is 33.4 Å². The third-order valence-corrected chi connectivity index (χ3v) is 8.28. The van der Waals surface area contributed by atoms with Crippen LogP contribution in [0.2, 0.25) is 0 Å². The lowest BCUT2D eigenvalue weighted by atomic mass is 9.69. The van der Waals surface area contributed by atoms with Gasteiger partial charge in [0.2, 0.25) is 0 Å². The topological polar surface area (TPSA) is 120 Å². The highest BCUT2D eigenvalue weighted by atomic mass is 16.5. The molecule has 33 heavy (non-hydrogen) atoms. The zero-order valence-corrected chi connectivity index (χ0v) is 20.4. The van der Waals surface area contributed by atoms with Crippen LogP contribution in [0, 0.1) is 22.7 Å². The van der Waals surface area contributed by atoms with Gasteiger partial charge in [-0.15, -0.1) is 0 Å². The highest BCUT2D eigenvalue weighted by molar-refractivity contribution is 6.05. The normalized spacial score (nSPS) is 28.3. The number of ether oxygens (including phenoxy) is 3. The molecule has 2 N–H and O–H groups in total. The number of amides is 1. The molecule has 2 aliphatic carbocycles. The van der Waals surface area contributed by atoms with E-state index in [0.29, 0.717) is 17.3 Å². The SMILES string of the molecule is COC(=O)C1=C(C)NC(C)=C(C(=O)OC)C1C(=O)OCC(=O)NC1CC2CCC1(C)C2(C)C. The Hall–Kier alpha value is -2.84. The van der Waals surface area contributed by atoms with Crippen LogP contribution < -0.4 is 10.6 Å². The predicted molar refractivity (Wildman–Crippen MR) is 118 cm³/mol. The summed E-state index contributed by atoms with van der Waals surface area (Å²) in [6, 6.07) is 0.0110. The molecule has 1 aliphatic heterocycles. The van der Waals surface area contributed by atoms with Crippen LogP contribution in [0.5, 0.6) is 0 Å². The Balaban J connectivity index is 1.74. The monoisotopic (exact) mass is 462 g/mol. The molecular weight excluding hydrogens is 428 g/mol. The lowest BCUT2D eigenvalue weighted by Gasteiger charge is -2.39. The van der Waals surface area contributed by atoms with Crippen LogP contribution in [0.15, 0.2) is 22.5 Å². The summed E-state index contributed by atoms with van der Waals surface area (Å²) < 4.78 is 14.9. The molecule has 182 valence electrons. The molecule has 3 aliphatic rings. The smallest absolute Gasteiger partial charge is 0.336 e. The zero-order valence-electron chi connectivity index (χ0n) is 20.4. The summed E-state index contributed by atoms with van der Waals surface area (Å²) in [6.07, 6.45) is 3.11. The summed E-state index contributed by atoms with van der Waals surface area (Å²) in [4.78, 5) is 50.6. The number of fused-ring (bicyclic) bond motifs is 2. The van der Waals surface area contributed by atoms with Crippen LogP contribution in [0.25, 0.3) is 0 Å². The second-order valence-electron chi connectivity index (χ2n) is 9.96. The summed E-state index contributed by atoms with van der Waals surface area (Å²) in [7, 11) is 2.36. The highest BCUT2D eigenvalue weighted by Gasteiger charge is 2.61. The molecule has 3 rings (SSSR count). The van der Waals surface area contributed by atoms with E-state index in [-0.39, 0.29) is 28.0 Å². The maximum Gasteiger partial charge on any atom is 0.336 e. The van der Waals surface area contributed by atoms with Crippen LogP contribution in [0.4, 0.5) is 0 Å². The second kappa shape index (κ2) is 8.83. The van der Waals surface area contributed by atoms with Gasteiger partial charge in [-0.05, 0) is 49.9 Å².